The van der Waals surface area contributed by atoms with Gasteiger partial charge in [0.15, 0.2) is 11.6 Å². The van der Waals surface area contributed by atoms with Gasteiger partial charge >= 0.3 is 0 Å². The van der Waals surface area contributed by atoms with Crippen LogP contribution in [0.25, 0.3) is 11.0 Å². The number of imidazole rings is 1. The normalized spacial score (nSPS) is 24.3. The van der Waals surface area contributed by atoms with Gasteiger partial charge in [0.2, 0.25) is 5.91 Å². The first-order valence-corrected chi connectivity index (χ1v) is 12.2. The van der Waals surface area contributed by atoms with Crippen molar-refractivity contribution in [3.05, 3.63) is 58.3 Å². The van der Waals surface area contributed by atoms with Gasteiger partial charge in [-0.2, -0.15) is 0 Å². The lowest BCUT2D eigenvalue weighted by atomic mass is 9.87. The van der Waals surface area contributed by atoms with Gasteiger partial charge in [-0.25, -0.2) is 13.8 Å². The van der Waals surface area contributed by atoms with E-state index in [0.29, 0.717) is 24.1 Å². The van der Waals surface area contributed by atoms with Crippen LogP contribution in [0.5, 0.6) is 0 Å². The fourth-order valence-corrected chi connectivity index (χ4v) is 5.63. The van der Waals surface area contributed by atoms with E-state index in [1.165, 1.54) is 6.07 Å². The highest BCUT2D eigenvalue weighted by molar-refractivity contribution is 9.10. The molecule has 0 spiro atoms. The number of anilines is 1. The van der Waals surface area contributed by atoms with Crippen molar-refractivity contribution in [2.75, 3.05) is 4.90 Å². The highest BCUT2D eigenvalue weighted by atomic mass is 79.9. The maximum absolute atomic E-state index is 14.1. The number of benzene rings is 2. The molecule has 7 heteroatoms. The van der Waals surface area contributed by atoms with E-state index in [-0.39, 0.29) is 11.9 Å². The second-order valence-corrected chi connectivity index (χ2v) is 10.1. The fourth-order valence-electron chi connectivity index (χ4n) is 5.28. The summed E-state index contributed by atoms with van der Waals surface area (Å²) in [5.74, 6) is -0.380. The summed E-state index contributed by atoms with van der Waals surface area (Å²) in [4.78, 5) is 19.7. The Morgan fingerprint density at radius 1 is 1.00 bits per heavy atom. The highest BCUT2D eigenvalue weighted by Gasteiger charge is 2.36. The molecule has 0 N–H and O–H groups in total. The van der Waals surface area contributed by atoms with E-state index in [4.69, 9.17) is 4.98 Å². The number of halogens is 3. The van der Waals surface area contributed by atoms with E-state index in [1.807, 2.05) is 12.1 Å². The van der Waals surface area contributed by atoms with Crippen molar-refractivity contribution in [3.8, 4) is 0 Å². The van der Waals surface area contributed by atoms with Crippen molar-refractivity contribution in [2.45, 2.75) is 64.0 Å². The summed E-state index contributed by atoms with van der Waals surface area (Å²) in [5.41, 5.74) is 2.33. The van der Waals surface area contributed by atoms with Crippen LogP contribution in [0.2, 0.25) is 0 Å². The van der Waals surface area contributed by atoms with Crippen LogP contribution in [0, 0.1) is 17.6 Å². The third-order valence-electron chi connectivity index (χ3n) is 6.96. The first-order valence-electron chi connectivity index (χ1n) is 11.4. The zero-order chi connectivity index (χ0) is 22.4. The first kappa shape index (κ1) is 21.6. The second-order valence-electron chi connectivity index (χ2n) is 9.16. The standard InChI is InChI=1S/C25H26BrF2N3O/c1-15-5-8-17(9-6-15)31-22-12-7-16(26)13-21(22)29-25(31)23-3-2-4-24(32)30(23)18-10-11-19(27)20(28)14-18/h7,10-15,17,23H,2-6,8-9H2,1H3/t15?,17?,23-/m0/s1. The van der Waals surface area contributed by atoms with Gasteiger partial charge < -0.3 is 9.47 Å². The molecule has 2 heterocycles. The van der Waals surface area contributed by atoms with Gasteiger partial charge in [-0.1, -0.05) is 22.9 Å². The molecule has 0 radical (unpaired) electrons. The molecule has 1 saturated carbocycles. The molecule has 1 aliphatic heterocycles. The summed E-state index contributed by atoms with van der Waals surface area (Å²) < 4.78 is 30.9. The molecule has 4 nitrogen and oxygen atoms in total. The number of hydrogen-bond acceptors (Lipinski definition) is 2. The van der Waals surface area contributed by atoms with Crippen molar-refractivity contribution in [1.82, 2.24) is 9.55 Å². The molecule has 1 atom stereocenters. The van der Waals surface area contributed by atoms with Gasteiger partial charge in [0.25, 0.3) is 0 Å². The molecule has 1 saturated heterocycles. The number of carbonyl (C=O) groups excluding carboxylic acids is 1. The summed E-state index contributed by atoms with van der Waals surface area (Å²) in [6.45, 7) is 2.30. The molecule has 1 aromatic heterocycles. The van der Waals surface area contributed by atoms with Crippen LogP contribution in [-0.2, 0) is 4.79 Å². The van der Waals surface area contributed by atoms with Crippen molar-refractivity contribution in [2.24, 2.45) is 5.92 Å². The average Bonchev–Trinajstić information content (AvgIpc) is 3.14. The minimum absolute atomic E-state index is 0.0793. The van der Waals surface area contributed by atoms with Gasteiger partial charge in [0.1, 0.15) is 5.82 Å². The fraction of sp³-hybridized carbons (Fsp3) is 0.440. The lowest BCUT2D eigenvalue weighted by Gasteiger charge is -2.37. The van der Waals surface area contributed by atoms with E-state index in [9.17, 15) is 13.6 Å². The minimum Gasteiger partial charge on any atom is -0.323 e. The topological polar surface area (TPSA) is 38.1 Å². The molecule has 32 heavy (non-hydrogen) atoms. The Bertz CT molecular complexity index is 1170. The van der Waals surface area contributed by atoms with Crippen LogP contribution >= 0.6 is 15.9 Å². The first-order chi connectivity index (χ1) is 15.4. The van der Waals surface area contributed by atoms with E-state index < -0.39 is 11.6 Å². The van der Waals surface area contributed by atoms with Gasteiger partial charge in [-0.3, -0.25) is 4.79 Å². The zero-order valence-corrected chi connectivity index (χ0v) is 19.6. The number of nitrogens with zero attached hydrogens (tertiary/aromatic N) is 3. The summed E-state index contributed by atoms with van der Waals surface area (Å²) >= 11 is 3.55. The number of aromatic nitrogens is 2. The predicted octanol–water partition coefficient (Wildman–Crippen LogP) is 7.09. The largest absolute Gasteiger partial charge is 0.323 e. The summed E-state index contributed by atoms with van der Waals surface area (Å²) in [6.07, 6.45) is 6.34. The Morgan fingerprint density at radius 3 is 2.53 bits per heavy atom. The third kappa shape index (κ3) is 3.85. The maximum Gasteiger partial charge on any atom is 0.227 e. The molecule has 1 amide bonds. The van der Waals surface area contributed by atoms with Gasteiger partial charge in [0, 0.05) is 28.7 Å². The van der Waals surface area contributed by atoms with Crippen molar-refractivity contribution >= 4 is 38.6 Å². The number of fused-ring (bicyclic) bond motifs is 1. The Hall–Kier alpha value is -2.28. The van der Waals surface area contributed by atoms with Gasteiger partial charge in [0.05, 0.1) is 17.1 Å². The quantitative estimate of drug-likeness (QED) is 0.384. The molecule has 0 bridgehead atoms. The van der Waals surface area contributed by atoms with Crippen LogP contribution in [0.1, 0.15) is 69.8 Å². The third-order valence-corrected chi connectivity index (χ3v) is 7.45. The van der Waals surface area contributed by atoms with Crippen molar-refractivity contribution in [3.63, 3.8) is 0 Å². The molecule has 2 aliphatic rings. The van der Waals surface area contributed by atoms with Gasteiger partial charge in [-0.15, -0.1) is 0 Å². The Balaban J connectivity index is 1.65. The van der Waals surface area contributed by atoms with Gasteiger partial charge in [-0.05, 0) is 74.8 Å². The van der Waals surface area contributed by atoms with Crippen LogP contribution in [0.3, 0.4) is 0 Å². The Labute approximate surface area is 194 Å². The Kier molecular flexibility index (Phi) is 5.78. The molecule has 2 aromatic carbocycles. The number of amides is 1. The van der Waals surface area contributed by atoms with E-state index in [0.717, 1.165) is 72.0 Å². The van der Waals surface area contributed by atoms with Crippen molar-refractivity contribution < 1.29 is 13.6 Å². The van der Waals surface area contributed by atoms with Crippen LogP contribution < -0.4 is 4.90 Å². The van der Waals surface area contributed by atoms with Crippen molar-refractivity contribution in [1.29, 1.82) is 0 Å². The average molecular weight is 502 g/mol. The molecule has 168 valence electrons. The predicted molar refractivity (Wildman–Crippen MR) is 125 cm³/mol. The molecular formula is C25H26BrF2N3O. The maximum atomic E-state index is 14.1. The van der Waals surface area contributed by atoms with Crippen LogP contribution in [0.15, 0.2) is 40.9 Å². The lowest BCUT2D eigenvalue weighted by molar-refractivity contribution is -0.120. The number of carbonyl (C=O) groups is 1. The van der Waals surface area contributed by atoms with E-state index in [1.54, 1.807) is 4.90 Å². The van der Waals surface area contributed by atoms with E-state index in [2.05, 4.69) is 33.5 Å². The number of piperidine rings is 1. The summed E-state index contributed by atoms with van der Waals surface area (Å²) in [7, 11) is 0. The smallest absolute Gasteiger partial charge is 0.227 e. The second kappa shape index (κ2) is 8.58. The molecule has 1 aliphatic carbocycles. The molecular weight excluding hydrogens is 476 g/mol. The Morgan fingerprint density at radius 2 is 1.78 bits per heavy atom. The highest BCUT2D eigenvalue weighted by Crippen LogP contribution is 2.41. The minimum atomic E-state index is -0.946. The molecule has 0 unspecified atom stereocenters. The SMILES string of the molecule is CC1CCC(n2c([C@@H]3CCCC(=O)N3c3ccc(F)c(F)c3)nc3cc(Br)ccc32)CC1. The number of rotatable bonds is 3. The molecule has 2 fully saturated rings. The van der Waals surface area contributed by atoms with E-state index >= 15 is 0 Å². The molecule has 5 rings (SSSR count). The zero-order valence-electron chi connectivity index (χ0n) is 18.0. The van der Waals surface area contributed by atoms with Crippen LogP contribution in [-0.4, -0.2) is 15.5 Å². The number of hydrogen-bond donors (Lipinski definition) is 0. The summed E-state index contributed by atoms with van der Waals surface area (Å²) in [5, 5.41) is 0. The monoisotopic (exact) mass is 501 g/mol. The molecule has 3 aromatic rings. The summed E-state index contributed by atoms with van der Waals surface area (Å²) in [6, 6.07) is 9.82. The lowest BCUT2D eigenvalue weighted by Crippen LogP contribution is -2.40. The van der Waals surface area contributed by atoms with Crippen LogP contribution in [0.4, 0.5) is 14.5 Å².